The van der Waals surface area contributed by atoms with Crippen LogP contribution < -0.4 is 5.32 Å². The van der Waals surface area contributed by atoms with Crippen molar-refractivity contribution >= 4 is 5.91 Å². The first-order valence-corrected chi connectivity index (χ1v) is 6.55. The second-order valence-corrected chi connectivity index (χ2v) is 5.21. The van der Waals surface area contributed by atoms with Gasteiger partial charge < -0.3 is 10.2 Å². The number of rotatable bonds is 4. The maximum absolute atomic E-state index is 11.5. The van der Waals surface area contributed by atoms with Gasteiger partial charge in [0.2, 0.25) is 5.91 Å². The molecule has 16 heavy (non-hydrogen) atoms. The molecular weight excluding hydrogens is 200 g/mol. The second kappa shape index (κ2) is 6.89. The molecule has 1 N–H and O–H groups in total. The van der Waals surface area contributed by atoms with Crippen molar-refractivity contribution in [3.63, 3.8) is 0 Å². The van der Waals surface area contributed by atoms with Crippen molar-refractivity contribution in [2.24, 2.45) is 5.92 Å². The van der Waals surface area contributed by atoms with Crippen LogP contribution in [0.25, 0.3) is 0 Å². The first kappa shape index (κ1) is 13.5. The molecule has 0 bridgehead atoms. The Kier molecular flexibility index (Phi) is 5.81. The molecule has 3 heteroatoms. The number of nitrogens with zero attached hydrogens (tertiary/aromatic N) is 1. The number of carbonyl (C=O) groups is 1. The SMILES string of the molecule is C[C@@H](NCC(=O)N(C)C)C1CCCCCC1. The summed E-state index contributed by atoms with van der Waals surface area (Å²) in [6.07, 6.45) is 8.14. The predicted molar refractivity (Wildman–Crippen MR) is 67.4 cm³/mol. The van der Waals surface area contributed by atoms with Gasteiger partial charge in [0, 0.05) is 20.1 Å². The van der Waals surface area contributed by atoms with E-state index >= 15 is 0 Å². The lowest BCUT2D eigenvalue weighted by Gasteiger charge is -2.24. The molecule has 1 aliphatic rings. The summed E-state index contributed by atoms with van der Waals surface area (Å²) >= 11 is 0. The summed E-state index contributed by atoms with van der Waals surface area (Å²) in [6.45, 7) is 2.70. The van der Waals surface area contributed by atoms with Crippen molar-refractivity contribution in [1.82, 2.24) is 10.2 Å². The average Bonchev–Trinajstić information content (AvgIpc) is 2.53. The van der Waals surface area contributed by atoms with E-state index in [-0.39, 0.29) is 5.91 Å². The fourth-order valence-electron chi connectivity index (χ4n) is 2.38. The van der Waals surface area contributed by atoms with E-state index in [4.69, 9.17) is 0 Å². The lowest BCUT2D eigenvalue weighted by molar-refractivity contribution is -0.127. The number of nitrogens with one attached hydrogen (secondary N) is 1. The molecule has 0 unspecified atom stereocenters. The molecule has 0 radical (unpaired) electrons. The van der Waals surface area contributed by atoms with Crippen LogP contribution >= 0.6 is 0 Å². The summed E-state index contributed by atoms with van der Waals surface area (Å²) in [6, 6.07) is 0.474. The lowest BCUT2D eigenvalue weighted by atomic mass is 9.93. The highest BCUT2D eigenvalue weighted by molar-refractivity contribution is 5.77. The first-order valence-electron chi connectivity index (χ1n) is 6.55. The fourth-order valence-corrected chi connectivity index (χ4v) is 2.38. The average molecular weight is 226 g/mol. The van der Waals surface area contributed by atoms with Gasteiger partial charge >= 0.3 is 0 Å². The van der Waals surface area contributed by atoms with Crippen LogP contribution in [0.1, 0.15) is 45.4 Å². The smallest absolute Gasteiger partial charge is 0.236 e. The van der Waals surface area contributed by atoms with E-state index in [0.717, 1.165) is 5.92 Å². The molecule has 0 saturated heterocycles. The molecule has 0 heterocycles. The molecule has 1 rings (SSSR count). The monoisotopic (exact) mass is 226 g/mol. The topological polar surface area (TPSA) is 32.3 Å². The van der Waals surface area contributed by atoms with Gasteiger partial charge in [-0.25, -0.2) is 0 Å². The molecule has 1 saturated carbocycles. The van der Waals surface area contributed by atoms with E-state index in [9.17, 15) is 4.79 Å². The summed E-state index contributed by atoms with van der Waals surface area (Å²) in [5.74, 6) is 0.929. The largest absolute Gasteiger partial charge is 0.348 e. The molecule has 0 aromatic rings. The minimum atomic E-state index is 0.167. The summed E-state index contributed by atoms with van der Waals surface area (Å²) in [5.41, 5.74) is 0. The number of amides is 1. The molecule has 0 aliphatic heterocycles. The van der Waals surface area contributed by atoms with Gasteiger partial charge in [0.1, 0.15) is 0 Å². The van der Waals surface area contributed by atoms with Gasteiger partial charge in [0.15, 0.2) is 0 Å². The van der Waals surface area contributed by atoms with Crippen molar-refractivity contribution in [3.05, 3.63) is 0 Å². The van der Waals surface area contributed by atoms with Crippen molar-refractivity contribution in [1.29, 1.82) is 0 Å². The standard InChI is InChI=1S/C13H26N2O/c1-11(14-10-13(16)15(2)3)12-8-6-4-5-7-9-12/h11-12,14H,4-10H2,1-3H3/t11-/m1/s1. The van der Waals surface area contributed by atoms with E-state index in [1.54, 1.807) is 19.0 Å². The molecule has 3 nitrogen and oxygen atoms in total. The van der Waals surface area contributed by atoms with Gasteiger partial charge in [0.25, 0.3) is 0 Å². The van der Waals surface area contributed by atoms with Crippen LogP contribution in [0.3, 0.4) is 0 Å². The van der Waals surface area contributed by atoms with Crippen LogP contribution in [0.15, 0.2) is 0 Å². The molecule has 1 aliphatic carbocycles. The lowest BCUT2D eigenvalue weighted by Crippen LogP contribution is -2.40. The highest BCUT2D eigenvalue weighted by atomic mass is 16.2. The Morgan fingerprint density at radius 1 is 1.25 bits per heavy atom. The third kappa shape index (κ3) is 4.52. The number of hydrogen-bond donors (Lipinski definition) is 1. The van der Waals surface area contributed by atoms with Crippen molar-refractivity contribution in [2.75, 3.05) is 20.6 Å². The van der Waals surface area contributed by atoms with Gasteiger partial charge in [0.05, 0.1) is 6.54 Å². The summed E-state index contributed by atoms with van der Waals surface area (Å²) in [5, 5.41) is 3.37. The third-order valence-corrected chi connectivity index (χ3v) is 3.68. The fraction of sp³-hybridized carbons (Fsp3) is 0.923. The Labute approximate surface area is 99.6 Å². The minimum absolute atomic E-state index is 0.167. The van der Waals surface area contributed by atoms with E-state index < -0.39 is 0 Å². The van der Waals surface area contributed by atoms with E-state index in [0.29, 0.717) is 12.6 Å². The van der Waals surface area contributed by atoms with Crippen molar-refractivity contribution in [3.8, 4) is 0 Å². The van der Waals surface area contributed by atoms with Crippen LogP contribution in [0.4, 0.5) is 0 Å². The highest BCUT2D eigenvalue weighted by Crippen LogP contribution is 2.25. The Balaban J connectivity index is 2.27. The molecule has 1 atom stereocenters. The van der Waals surface area contributed by atoms with Crippen LogP contribution in [-0.4, -0.2) is 37.5 Å². The molecule has 0 aromatic heterocycles. The Bertz CT molecular complexity index is 208. The van der Waals surface area contributed by atoms with Gasteiger partial charge in [-0.05, 0) is 25.7 Å². The summed E-state index contributed by atoms with van der Waals surface area (Å²) in [7, 11) is 3.61. The highest BCUT2D eigenvalue weighted by Gasteiger charge is 2.19. The first-order chi connectivity index (χ1) is 7.61. The van der Waals surface area contributed by atoms with Crippen molar-refractivity contribution in [2.45, 2.75) is 51.5 Å². The minimum Gasteiger partial charge on any atom is -0.348 e. The van der Waals surface area contributed by atoms with Crippen LogP contribution in [0, 0.1) is 5.92 Å². The zero-order valence-electron chi connectivity index (χ0n) is 11.0. The molecule has 1 amide bonds. The van der Waals surface area contributed by atoms with Crippen molar-refractivity contribution < 1.29 is 4.79 Å². The maximum Gasteiger partial charge on any atom is 0.236 e. The van der Waals surface area contributed by atoms with E-state index in [1.165, 1.54) is 38.5 Å². The molecule has 0 aromatic carbocycles. The van der Waals surface area contributed by atoms with E-state index in [1.807, 2.05) is 0 Å². The third-order valence-electron chi connectivity index (χ3n) is 3.68. The second-order valence-electron chi connectivity index (χ2n) is 5.21. The number of carbonyl (C=O) groups excluding carboxylic acids is 1. The van der Waals surface area contributed by atoms with E-state index in [2.05, 4.69) is 12.2 Å². The van der Waals surface area contributed by atoms with Crippen LogP contribution in [0.5, 0.6) is 0 Å². The summed E-state index contributed by atoms with van der Waals surface area (Å²) < 4.78 is 0. The maximum atomic E-state index is 11.5. The Morgan fingerprint density at radius 2 is 1.81 bits per heavy atom. The van der Waals surface area contributed by atoms with Gasteiger partial charge in [-0.3, -0.25) is 4.79 Å². The number of likely N-dealkylation sites (N-methyl/N-ethyl adjacent to an activating group) is 1. The van der Waals surface area contributed by atoms with Crippen LogP contribution in [-0.2, 0) is 4.79 Å². The van der Waals surface area contributed by atoms with Gasteiger partial charge in [-0.2, -0.15) is 0 Å². The molecular formula is C13H26N2O. The quantitative estimate of drug-likeness (QED) is 0.744. The molecule has 0 spiro atoms. The molecule has 94 valence electrons. The molecule has 1 fully saturated rings. The van der Waals surface area contributed by atoms with Gasteiger partial charge in [-0.1, -0.05) is 25.7 Å². The Morgan fingerprint density at radius 3 is 2.31 bits per heavy atom. The predicted octanol–water partition coefficient (Wildman–Crippen LogP) is 2.02. The Hall–Kier alpha value is -0.570. The van der Waals surface area contributed by atoms with Crippen LogP contribution in [0.2, 0.25) is 0 Å². The summed E-state index contributed by atoms with van der Waals surface area (Å²) in [4.78, 5) is 13.1. The zero-order chi connectivity index (χ0) is 12.0. The number of hydrogen-bond acceptors (Lipinski definition) is 2. The normalized spacial score (nSPS) is 20.2. The zero-order valence-corrected chi connectivity index (χ0v) is 11.0. The van der Waals surface area contributed by atoms with Gasteiger partial charge in [-0.15, -0.1) is 0 Å².